The van der Waals surface area contributed by atoms with Gasteiger partial charge in [-0.1, -0.05) is 112 Å². The molecule has 0 saturated heterocycles. The van der Waals surface area contributed by atoms with Gasteiger partial charge in [0.1, 0.15) is 0 Å². The number of H-pyrrole nitrogens is 2. The second-order valence-corrected chi connectivity index (χ2v) is 17.6. The number of nitrogens with zero attached hydrogens (tertiary/aromatic N) is 2. The first-order chi connectivity index (χ1) is 27.1. The molecule has 7 aromatic rings. The highest BCUT2D eigenvalue weighted by atomic mass is 79.9. The van der Waals surface area contributed by atoms with Crippen LogP contribution in [0.3, 0.4) is 0 Å². The van der Waals surface area contributed by atoms with E-state index >= 15 is 0 Å². The minimum Gasteiger partial charge on any atom is -0.354 e. The number of benzene rings is 4. The fourth-order valence-electron chi connectivity index (χ4n) is 7.85. The second-order valence-electron chi connectivity index (χ2n) is 14.2. The summed E-state index contributed by atoms with van der Waals surface area (Å²) in [6.45, 7) is 8.61. The van der Waals surface area contributed by atoms with E-state index in [4.69, 9.17) is 9.97 Å². The predicted octanol–water partition coefficient (Wildman–Crippen LogP) is 15.6. The molecule has 0 amide bonds. The van der Waals surface area contributed by atoms with Crippen molar-refractivity contribution in [1.29, 1.82) is 0 Å². The Morgan fingerprint density at radius 1 is 0.339 bits per heavy atom. The van der Waals surface area contributed by atoms with Crippen LogP contribution in [0.2, 0.25) is 0 Å². The lowest BCUT2D eigenvalue weighted by molar-refractivity contribution is 1.29. The van der Waals surface area contributed by atoms with Crippen molar-refractivity contribution in [3.05, 3.63) is 160 Å². The minimum absolute atomic E-state index is 0.879. The number of hydrogen-bond donors (Lipinski definition) is 2. The quantitative estimate of drug-likeness (QED) is 0.185. The molecule has 274 valence electrons. The maximum Gasteiger partial charge on any atom is 0.0737 e. The fourth-order valence-corrected chi connectivity index (χ4v) is 9.32. The third kappa shape index (κ3) is 6.31. The van der Waals surface area contributed by atoms with Crippen LogP contribution < -0.4 is 0 Å². The Balaban J connectivity index is 1.52. The Hall–Kier alpha value is -4.60. The molecule has 0 saturated carbocycles. The molecule has 3 aromatic heterocycles. The number of aromatic amines is 2. The zero-order chi connectivity index (χ0) is 38.8. The van der Waals surface area contributed by atoms with Crippen LogP contribution in [0.5, 0.6) is 0 Å². The van der Waals surface area contributed by atoms with Crippen molar-refractivity contribution in [3.8, 4) is 44.5 Å². The van der Waals surface area contributed by atoms with Crippen molar-refractivity contribution in [2.75, 3.05) is 0 Å². The van der Waals surface area contributed by atoms with E-state index < -0.39 is 0 Å². The van der Waals surface area contributed by atoms with Crippen molar-refractivity contribution in [1.82, 2.24) is 19.9 Å². The van der Waals surface area contributed by atoms with E-state index in [2.05, 4.69) is 223 Å². The van der Waals surface area contributed by atoms with Crippen LogP contribution in [0.1, 0.15) is 45.0 Å². The van der Waals surface area contributed by atoms with Gasteiger partial charge in [-0.2, -0.15) is 0 Å². The molecule has 0 unspecified atom stereocenters. The Kier molecular flexibility index (Phi) is 9.73. The van der Waals surface area contributed by atoms with Crippen molar-refractivity contribution < 1.29 is 0 Å². The number of halogens is 4. The zero-order valence-corrected chi connectivity index (χ0v) is 37.3. The summed E-state index contributed by atoms with van der Waals surface area (Å²) in [5, 5.41) is 0. The smallest absolute Gasteiger partial charge is 0.0737 e. The van der Waals surface area contributed by atoms with E-state index in [0.717, 1.165) is 129 Å². The molecule has 8 bridgehead atoms. The summed E-state index contributed by atoms with van der Waals surface area (Å²) in [5.74, 6) is 0. The molecular formula is C48H34Br4N4. The molecule has 0 atom stereocenters. The predicted molar refractivity (Wildman–Crippen MR) is 250 cm³/mol. The van der Waals surface area contributed by atoms with Gasteiger partial charge < -0.3 is 9.97 Å². The molecule has 0 radical (unpaired) electrons. The van der Waals surface area contributed by atoms with Crippen LogP contribution in [-0.2, 0) is 0 Å². The molecule has 0 spiro atoms. The Labute approximate surface area is 359 Å². The molecule has 4 nitrogen and oxygen atoms in total. The maximum atomic E-state index is 5.50. The van der Waals surface area contributed by atoms with Crippen molar-refractivity contribution in [2.45, 2.75) is 27.7 Å². The SMILES string of the molecule is Cc1c(Br)cccc1-c1c2nc(c(-c3cccc(Br)c3C)c3ccc([nH]3)c(-c3cccc(Br)c3C)c3nc(c(-c4cccc(Br)c4C)c4ccc1[nH]4)C=C3)C=C2. The highest BCUT2D eigenvalue weighted by molar-refractivity contribution is 9.11. The Morgan fingerprint density at radius 2 is 0.571 bits per heavy atom. The molecular weight excluding hydrogens is 952 g/mol. The summed E-state index contributed by atoms with van der Waals surface area (Å²) in [7, 11) is 0. The number of fused-ring (bicyclic) bond motifs is 8. The monoisotopic (exact) mass is 982 g/mol. The van der Waals surface area contributed by atoms with E-state index in [-0.39, 0.29) is 0 Å². The van der Waals surface area contributed by atoms with Gasteiger partial charge in [-0.25, -0.2) is 9.97 Å². The molecule has 56 heavy (non-hydrogen) atoms. The molecule has 2 aliphatic heterocycles. The third-order valence-electron chi connectivity index (χ3n) is 10.9. The number of rotatable bonds is 4. The molecule has 5 heterocycles. The standard InChI is InChI=1S/C48H34Br4N4/c1-25-29(9-5-13-33(25)49)45-37-17-19-39(53-37)46(30-10-6-14-34(50)26(30)2)41-21-23-43(55-41)48(32-12-8-16-36(52)28(32)4)44-24-22-42(56-44)47(40-20-18-38(45)54-40)31-11-7-15-35(51)27(31)3/h5-24,53,56H,1-4H3. The number of aromatic nitrogens is 4. The molecule has 4 aromatic carbocycles. The lowest BCUT2D eigenvalue weighted by Gasteiger charge is -2.12. The van der Waals surface area contributed by atoms with Gasteiger partial charge in [0, 0.05) is 62.2 Å². The van der Waals surface area contributed by atoms with Crippen LogP contribution in [-0.4, -0.2) is 19.9 Å². The summed E-state index contributed by atoms with van der Waals surface area (Å²) in [6.07, 6.45) is 8.60. The topological polar surface area (TPSA) is 57.4 Å². The first-order valence-electron chi connectivity index (χ1n) is 18.3. The van der Waals surface area contributed by atoms with Crippen molar-refractivity contribution >= 4 is 110 Å². The Bertz CT molecular complexity index is 2620. The second kappa shape index (κ2) is 14.7. The van der Waals surface area contributed by atoms with Crippen LogP contribution in [0.15, 0.2) is 115 Å². The van der Waals surface area contributed by atoms with Crippen LogP contribution >= 0.6 is 63.7 Å². The highest BCUT2D eigenvalue weighted by Gasteiger charge is 2.22. The highest BCUT2D eigenvalue weighted by Crippen LogP contribution is 2.42. The van der Waals surface area contributed by atoms with Gasteiger partial charge in [-0.3, -0.25) is 0 Å². The first-order valence-corrected chi connectivity index (χ1v) is 21.4. The molecule has 0 aliphatic carbocycles. The van der Waals surface area contributed by atoms with Crippen molar-refractivity contribution in [2.24, 2.45) is 0 Å². The van der Waals surface area contributed by atoms with Gasteiger partial charge in [-0.05, 0) is 145 Å². The molecule has 9 rings (SSSR count). The van der Waals surface area contributed by atoms with Gasteiger partial charge in [0.2, 0.25) is 0 Å². The lowest BCUT2D eigenvalue weighted by atomic mass is 9.99. The molecule has 8 heteroatoms. The fraction of sp³-hybridized carbons (Fsp3) is 0.0833. The summed E-state index contributed by atoms with van der Waals surface area (Å²) >= 11 is 15.3. The summed E-state index contributed by atoms with van der Waals surface area (Å²) < 4.78 is 4.18. The van der Waals surface area contributed by atoms with Crippen LogP contribution in [0.4, 0.5) is 0 Å². The van der Waals surface area contributed by atoms with E-state index in [1.807, 2.05) is 0 Å². The minimum atomic E-state index is 0.879. The molecule has 2 aliphatic rings. The van der Waals surface area contributed by atoms with Crippen molar-refractivity contribution in [3.63, 3.8) is 0 Å². The molecule has 2 N–H and O–H groups in total. The first kappa shape index (κ1) is 37.0. The van der Waals surface area contributed by atoms with Gasteiger partial charge in [0.15, 0.2) is 0 Å². The summed E-state index contributed by atoms with van der Waals surface area (Å²) in [4.78, 5) is 18.8. The van der Waals surface area contributed by atoms with Gasteiger partial charge in [-0.15, -0.1) is 0 Å². The Morgan fingerprint density at radius 3 is 0.804 bits per heavy atom. The third-order valence-corrected chi connectivity index (χ3v) is 14.3. The van der Waals surface area contributed by atoms with E-state index in [1.54, 1.807) is 0 Å². The maximum absolute atomic E-state index is 5.50. The van der Waals surface area contributed by atoms with Gasteiger partial charge in [0.25, 0.3) is 0 Å². The summed E-state index contributed by atoms with van der Waals surface area (Å²) in [6, 6.07) is 34.1. The average molecular weight is 986 g/mol. The van der Waals surface area contributed by atoms with Gasteiger partial charge >= 0.3 is 0 Å². The lowest BCUT2D eigenvalue weighted by Crippen LogP contribution is -1.93. The normalized spacial score (nSPS) is 12.1. The zero-order valence-electron chi connectivity index (χ0n) is 31.0. The summed E-state index contributed by atoms with van der Waals surface area (Å²) in [5.41, 5.74) is 20.4. The number of nitrogens with one attached hydrogen (secondary N) is 2. The number of hydrogen-bond acceptors (Lipinski definition) is 2. The van der Waals surface area contributed by atoms with Gasteiger partial charge in [0.05, 0.1) is 22.8 Å². The van der Waals surface area contributed by atoms with Crippen LogP contribution in [0.25, 0.3) is 90.9 Å². The van der Waals surface area contributed by atoms with E-state index in [0.29, 0.717) is 0 Å². The van der Waals surface area contributed by atoms with E-state index in [9.17, 15) is 0 Å². The van der Waals surface area contributed by atoms with E-state index in [1.165, 1.54) is 0 Å². The largest absolute Gasteiger partial charge is 0.354 e. The molecule has 0 fully saturated rings. The average Bonchev–Trinajstić information content (AvgIpc) is 4.03. The van der Waals surface area contributed by atoms with Crippen LogP contribution in [0, 0.1) is 27.7 Å².